The van der Waals surface area contributed by atoms with Crippen LogP contribution in [0, 0.1) is 6.92 Å². The largest absolute Gasteiger partial charge is 0.338 e. The lowest BCUT2D eigenvalue weighted by Crippen LogP contribution is -2.27. The van der Waals surface area contributed by atoms with Crippen molar-refractivity contribution < 1.29 is 13.2 Å². The molecule has 152 valence electrons. The second-order valence-corrected chi connectivity index (χ2v) is 11.0. The maximum atomic E-state index is 12.7. The van der Waals surface area contributed by atoms with E-state index in [1.165, 1.54) is 11.3 Å². The minimum atomic E-state index is -3.74. The number of benzene rings is 1. The van der Waals surface area contributed by atoms with Crippen LogP contribution < -0.4 is 4.72 Å². The van der Waals surface area contributed by atoms with E-state index in [-0.39, 0.29) is 10.1 Å². The lowest BCUT2D eigenvalue weighted by atomic mass is 10.3. The number of carbonyl (C=O) groups is 1. The molecule has 0 bridgehead atoms. The lowest BCUT2D eigenvalue weighted by molar-refractivity contribution is 0.0796. The van der Waals surface area contributed by atoms with Gasteiger partial charge in [-0.25, -0.2) is 13.4 Å². The highest BCUT2D eigenvalue weighted by atomic mass is 35.5. The highest BCUT2D eigenvalue weighted by Gasteiger charge is 2.25. The molecule has 0 unspecified atom stereocenters. The molecule has 3 heterocycles. The van der Waals surface area contributed by atoms with Gasteiger partial charge in [-0.05, 0) is 44.0 Å². The van der Waals surface area contributed by atoms with E-state index in [1.54, 1.807) is 35.7 Å². The summed E-state index contributed by atoms with van der Waals surface area (Å²) in [5.74, 6) is 0.00875. The van der Waals surface area contributed by atoms with Gasteiger partial charge in [0.1, 0.15) is 14.1 Å². The third-order valence-electron chi connectivity index (χ3n) is 4.55. The summed E-state index contributed by atoms with van der Waals surface area (Å²) >= 11 is 8.34. The summed E-state index contributed by atoms with van der Waals surface area (Å²) in [4.78, 5) is 19.7. The number of thiazole rings is 1. The van der Waals surface area contributed by atoms with Crippen molar-refractivity contribution in [3.05, 3.63) is 51.3 Å². The van der Waals surface area contributed by atoms with Gasteiger partial charge in [-0.15, -0.1) is 22.7 Å². The molecule has 0 saturated carbocycles. The van der Waals surface area contributed by atoms with E-state index < -0.39 is 10.0 Å². The minimum absolute atomic E-state index is 0.00875. The van der Waals surface area contributed by atoms with Crippen molar-refractivity contribution in [1.82, 2.24) is 9.88 Å². The van der Waals surface area contributed by atoms with Crippen LogP contribution in [0.1, 0.15) is 28.2 Å². The fourth-order valence-corrected chi connectivity index (χ4v) is 6.61. The number of nitrogens with zero attached hydrogens (tertiary/aromatic N) is 2. The fraction of sp³-hybridized carbons (Fsp3) is 0.263. The molecule has 6 nitrogen and oxygen atoms in total. The van der Waals surface area contributed by atoms with Gasteiger partial charge in [-0.2, -0.15) is 0 Å². The Hall–Kier alpha value is -1.94. The minimum Gasteiger partial charge on any atom is -0.338 e. The molecule has 1 aliphatic heterocycles. The van der Waals surface area contributed by atoms with Gasteiger partial charge in [0.05, 0.1) is 11.4 Å². The molecule has 10 heteroatoms. The molecule has 1 amide bonds. The van der Waals surface area contributed by atoms with Crippen molar-refractivity contribution >= 4 is 55.9 Å². The average molecular weight is 468 g/mol. The molecule has 2 aromatic heterocycles. The number of halogens is 1. The van der Waals surface area contributed by atoms with Gasteiger partial charge >= 0.3 is 0 Å². The number of rotatable bonds is 5. The number of carbonyl (C=O) groups excluding carboxylic acids is 1. The number of amides is 1. The predicted molar refractivity (Wildman–Crippen MR) is 118 cm³/mol. The number of anilines is 1. The molecule has 0 aliphatic carbocycles. The molecule has 0 spiro atoms. The summed E-state index contributed by atoms with van der Waals surface area (Å²) in [6.07, 6.45) is 2.06. The first-order chi connectivity index (χ1) is 13.8. The van der Waals surface area contributed by atoms with Crippen LogP contribution in [0.2, 0.25) is 5.02 Å². The molecule has 1 aromatic carbocycles. The van der Waals surface area contributed by atoms with Gasteiger partial charge < -0.3 is 4.90 Å². The van der Waals surface area contributed by atoms with E-state index in [9.17, 15) is 13.2 Å². The van der Waals surface area contributed by atoms with E-state index in [0.717, 1.165) is 37.3 Å². The lowest BCUT2D eigenvalue weighted by Gasteiger charge is -2.13. The number of hydrogen-bond donors (Lipinski definition) is 1. The Labute approximate surface area is 182 Å². The zero-order valence-corrected chi connectivity index (χ0v) is 18.7. The first kappa shape index (κ1) is 20.3. The van der Waals surface area contributed by atoms with Crippen LogP contribution in [0.5, 0.6) is 0 Å². The molecule has 0 radical (unpaired) electrons. The summed E-state index contributed by atoms with van der Waals surface area (Å²) in [5.41, 5.74) is 1.76. The van der Waals surface area contributed by atoms with Crippen molar-refractivity contribution in [3.8, 4) is 10.6 Å². The van der Waals surface area contributed by atoms with Gasteiger partial charge in [-0.1, -0.05) is 17.7 Å². The number of aromatic nitrogens is 1. The second kappa shape index (κ2) is 8.06. The Morgan fingerprint density at radius 3 is 2.72 bits per heavy atom. The van der Waals surface area contributed by atoms with Gasteiger partial charge in [0.25, 0.3) is 15.9 Å². The third-order valence-corrected chi connectivity index (χ3v) is 8.80. The summed E-state index contributed by atoms with van der Waals surface area (Å²) in [5, 5.41) is 2.84. The average Bonchev–Trinajstić information content (AvgIpc) is 3.41. The molecule has 1 aliphatic rings. The monoisotopic (exact) mass is 467 g/mol. The van der Waals surface area contributed by atoms with Crippen LogP contribution in [-0.2, 0) is 10.0 Å². The SMILES string of the molecule is Cc1nc(-c2csc(S(=O)(=O)Nc3cccc(Cl)c3)c2)sc1C(=O)N1CCCC1. The second-order valence-electron chi connectivity index (χ2n) is 6.70. The predicted octanol–water partition coefficient (Wildman–Crippen LogP) is 4.87. The first-order valence-corrected chi connectivity index (χ1v) is 12.5. The zero-order chi connectivity index (χ0) is 20.6. The summed E-state index contributed by atoms with van der Waals surface area (Å²) in [6.45, 7) is 3.37. The van der Waals surface area contributed by atoms with Crippen LogP contribution in [0.15, 0.2) is 39.9 Å². The molecule has 3 aromatic rings. The van der Waals surface area contributed by atoms with E-state index in [0.29, 0.717) is 31.9 Å². The van der Waals surface area contributed by atoms with Crippen molar-refractivity contribution in [2.75, 3.05) is 17.8 Å². The number of sulfonamides is 1. The van der Waals surface area contributed by atoms with Crippen LogP contribution in [0.4, 0.5) is 5.69 Å². The van der Waals surface area contributed by atoms with E-state index >= 15 is 0 Å². The standard InChI is InChI=1S/C19H18ClN3O3S3/c1-12-17(19(24)23-7-2-3-8-23)28-18(21-12)13-9-16(27-11-13)29(25,26)22-15-6-4-5-14(20)10-15/h4-6,9-11,22H,2-3,7-8H2,1H3. The first-order valence-electron chi connectivity index (χ1n) is 8.97. The molecule has 29 heavy (non-hydrogen) atoms. The van der Waals surface area contributed by atoms with Crippen LogP contribution in [-0.4, -0.2) is 37.3 Å². The molecular weight excluding hydrogens is 450 g/mol. The van der Waals surface area contributed by atoms with Crippen molar-refractivity contribution in [1.29, 1.82) is 0 Å². The molecule has 4 rings (SSSR count). The van der Waals surface area contributed by atoms with Crippen molar-refractivity contribution in [2.45, 2.75) is 24.0 Å². The van der Waals surface area contributed by atoms with E-state index in [1.807, 2.05) is 11.8 Å². The highest BCUT2D eigenvalue weighted by Crippen LogP contribution is 2.34. The van der Waals surface area contributed by atoms with Crippen LogP contribution in [0.25, 0.3) is 10.6 Å². The molecule has 1 saturated heterocycles. The van der Waals surface area contributed by atoms with Crippen molar-refractivity contribution in [3.63, 3.8) is 0 Å². The Bertz CT molecular complexity index is 1160. The Morgan fingerprint density at radius 1 is 1.24 bits per heavy atom. The quantitative estimate of drug-likeness (QED) is 0.580. The molecule has 1 fully saturated rings. The summed E-state index contributed by atoms with van der Waals surface area (Å²) in [7, 11) is -3.74. The van der Waals surface area contributed by atoms with Crippen LogP contribution in [0.3, 0.4) is 0 Å². The Kier molecular flexibility index (Phi) is 5.65. The van der Waals surface area contributed by atoms with Gasteiger partial charge in [0, 0.05) is 29.1 Å². The molecule has 0 atom stereocenters. The van der Waals surface area contributed by atoms with Gasteiger partial charge in [-0.3, -0.25) is 9.52 Å². The summed E-state index contributed by atoms with van der Waals surface area (Å²) < 4.78 is 28.1. The maximum absolute atomic E-state index is 12.7. The Balaban J connectivity index is 1.57. The highest BCUT2D eigenvalue weighted by molar-refractivity contribution is 7.94. The third kappa shape index (κ3) is 4.32. The van der Waals surface area contributed by atoms with E-state index in [2.05, 4.69) is 9.71 Å². The number of hydrogen-bond acceptors (Lipinski definition) is 6. The maximum Gasteiger partial charge on any atom is 0.271 e. The number of nitrogens with one attached hydrogen (secondary N) is 1. The number of likely N-dealkylation sites (tertiary alicyclic amines) is 1. The topological polar surface area (TPSA) is 79.4 Å². The number of aryl methyl sites for hydroxylation is 1. The van der Waals surface area contributed by atoms with E-state index in [4.69, 9.17) is 11.6 Å². The Morgan fingerprint density at radius 2 is 2.00 bits per heavy atom. The molecule has 1 N–H and O–H groups in total. The van der Waals surface area contributed by atoms with Crippen LogP contribution >= 0.6 is 34.3 Å². The zero-order valence-electron chi connectivity index (χ0n) is 15.5. The summed E-state index contributed by atoms with van der Waals surface area (Å²) in [6, 6.07) is 8.12. The fourth-order valence-electron chi connectivity index (χ4n) is 3.11. The normalized spacial score (nSPS) is 14.3. The smallest absolute Gasteiger partial charge is 0.271 e. The number of thiophene rings is 1. The van der Waals surface area contributed by atoms with Gasteiger partial charge in [0.2, 0.25) is 0 Å². The van der Waals surface area contributed by atoms with Gasteiger partial charge in [0.15, 0.2) is 0 Å². The molecular formula is C19H18ClN3O3S3. The van der Waals surface area contributed by atoms with Crippen molar-refractivity contribution in [2.24, 2.45) is 0 Å².